The van der Waals surface area contributed by atoms with Gasteiger partial charge >= 0.3 is 0 Å². The van der Waals surface area contributed by atoms with E-state index in [9.17, 15) is 9.18 Å². The Labute approximate surface area is 270 Å². The number of hydrogen-bond donors (Lipinski definition) is 3. The molecular formula is C34H38F3N9O. The Morgan fingerprint density at radius 3 is 2.64 bits per heavy atom. The van der Waals surface area contributed by atoms with Crippen LogP contribution in [-0.2, 0) is 13.0 Å². The number of alkyl halides is 3. The number of carbonyl (C=O) groups is 1. The molecule has 1 saturated carbocycles. The minimum Gasteiger partial charge on any atom is -0.385 e. The van der Waals surface area contributed by atoms with Gasteiger partial charge in [-0.2, -0.15) is 0 Å². The molecule has 3 N–H and O–H groups in total. The predicted molar refractivity (Wildman–Crippen MR) is 173 cm³/mol. The van der Waals surface area contributed by atoms with E-state index in [0.29, 0.717) is 75.6 Å². The van der Waals surface area contributed by atoms with Crippen molar-refractivity contribution in [2.45, 2.75) is 56.8 Å². The van der Waals surface area contributed by atoms with E-state index in [0.717, 1.165) is 34.5 Å². The van der Waals surface area contributed by atoms with Gasteiger partial charge in [0.05, 0.1) is 30.2 Å². The van der Waals surface area contributed by atoms with Crippen molar-refractivity contribution in [2.75, 3.05) is 50.0 Å². The van der Waals surface area contributed by atoms with Crippen molar-refractivity contribution in [1.82, 2.24) is 35.1 Å². The molecule has 1 amide bonds. The molecule has 4 aliphatic rings. The van der Waals surface area contributed by atoms with E-state index >= 15 is 8.78 Å². The molecule has 1 spiro atoms. The second-order valence-corrected chi connectivity index (χ2v) is 13.3. The summed E-state index contributed by atoms with van der Waals surface area (Å²) in [5.41, 5.74) is 5.47. The van der Waals surface area contributed by atoms with Crippen LogP contribution in [0.4, 0.5) is 30.4 Å². The second-order valence-electron chi connectivity index (χ2n) is 13.3. The van der Waals surface area contributed by atoms with Crippen LogP contribution in [0.15, 0.2) is 48.8 Å². The molecule has 6 heterocycles. The molecule has 4 aromatic rings. The number of fused-ring (bicyclic) bond motifs is 2. The number of hydrogen-bond acceptors (Lipinski definition) is 8. The van der Waals surface area contributed by atoms with E-state index in [1.54, 1.807) is 7.05 Å². The highest BCUT2D eigenvalue weighted by Crippen LogP contribution is 2.50. The Kier molecular flexibility index (Phi) is 7.36. The first-order chi connectivity index (χ1) is 22.7. The average Bonchev–Trinajstić information content (AvgIpc) is 3.42. The van der Waals surface area contributed by atoms with Crippen LogP contribution in [0.3, 0.4) is 0 Å². The molecule has 0 bridgehead atoms. The average molecular weight is 646 g/mol. The molecule has 0 radical (unpaired) electrons. The number of likely N-dealkylation sites (tertiary alicyclic amines) is 1. The fourth-order valence-electron chi connectivity index (χ4n) is 7.57. The maximum Gasteiger partial charge on any atom is 0.271 e. The summed E-state index contributed by atoms with van der Waals surface area (Å²) in [6.07, 6.45) is 4.94. The quantitative estimate of drug-likeness (QED) is 0.269. The predicted octanol–water partition coefficient (Wildman–Crippen LogP) is 4.58. The first-order valence-corrected chi connectivity index (χ1v) is 16.4. The molecule has 0 unspecified atom stereocenters. The van der Waals surface area contributed by atoms with Gasteiger partial charge in [0.15, 0.2) is 17.2 Å². The van der Waals surface area contributed by atoms with Crippen LogP contribution in [0.2, 0.25) is 0 Å². The van der Waals surface area contributed by atoms with Gasteiger partial charge in [0, 0.05) is 55.5 Å². The van der Waals surface area contributed by atoms with E-state index in [1.165, 1.54) is 10.7 Å². The lowest BCUT2D eigenvalue weighted by molar-refractivity contribution is -0.181. The van der Waals surface area contributed by atoms with Crippen LogP contribution in [0.25, 0.3) is 16.9 Å². The third kappa shape index (κ3) is 5.29. The van der Waals surface area contributed by atoms with Crippen LogP contribution in [-0.4, -0.2) is 88.3 Å². The second kappa shape index (κ2) is 11.5. The smallest absolute Gasteiger partial charge is 0.271 e. The van der Waals surface area contributed by atoms with Crippen molar-refractivity contribution in [3.63, 3.8) is 0 Å². The molecule has 1 aliphatic carbocycles. The highest BCUT2D eigenvalue weighted by molar-refractivity contribution is 5.94. The SMILES string of the molecule is CNc1cc(N2CCc3c(-c4ccc(CN5CCC6(CCNCC6)C(F)(F)C5)cn4)cccc32)nn2c(C(=O)N[C@@H]3C[C@@H]3F)cnc12. The van der Waals surface area contributed by atoms with Crippen molar-refractivity contribution >= 4 is 28.7 Å². The molecule has 1 aromatic carbocycles. The molecular weight excluding hydrogens is 607 g/mol. The normalized spacial score (nSPS) is 23.2. The maximum absolute atomic E-state index is 15.4. The zero-order valence-electron chi connectivity index (χ0n) is 26.3. The summed E-state index contributed by atoms with van der Waals surface area (Å²) in [6.45, 7) is 2.90. The van der Waals surface area contributed by atoms with Gasteiger partial charge in [-0.1, -0.05) is 18.2 Å². The molecule has 8 rings (SSSR count). The Morgan fingerprint density at radius 1 is 1.09 bits per heavy atom. The minimum absolute atomic E-state index is 0.213. The molecule has 10 nitrogen and oxygen atoms in total. The van der Waals surface area contributed by atoms with Crippen LogP contribution in [0.5, 0.6) is 0 Å². The number of piperidine rings is 2. The summed E-state index contributed by atoms with van der Waals surface area (Å²) in [6, 6.07) is 11.5. The summed E-state index contributed by atoms with van der Waals surface area (Å²) in [7, 11) is 1.79. The van der Waals surface area contributed by atoms with Crippen LogP contribution in [0, 0.1) is 5.41 Å². The van der Waals surface area contributed by atoms with Gasteiger partial charge in [-0.25, -0.2) is 22.7 Å². The van der Waals surface area contributed by atoms with E-state index in [2.05, 4.69) is 31.9 Å². The lowest BCUT2D eigenvalue weighted by Crippen LogP contribution is -2.58. The van der Waals surface area contributed by atoms with Crippen molar-refractivity contribution in [3.8, 4) is 11.3 Å². The molecule has 3 aromatic heterocycles. The first-order valence-electron chi connectivity index (χ1n) is 16.4. The fourth-order valence-corrected chi connectivity index (χ4v) is 7.57. The number of benzene rings is 1. The Bertz CT molecular complexity index is 1820. The van der Waals surface area contributed by atoms with Gasteiger partial charge < -0.3 is 20.9 Å². The van der Waals surface area contributed by atoms with E-state index < -0.39 is 29.5 Å². The number of nitrogens with one attached hydrogen (secondary N) is 3. The number of rotatable bonds is 7. The van der Waals surface area contributed by atoms with Gasteiger partial charge in [0.2, 0.25) is 0 Å². The van der Waals surface area contributed by atoms with Crippen LogP contribution >= 0.6 is 0 Å². The Balaban J connectivity index is 1.02. The number of amides is 1. The largest absolute Gasteiger partial charge is 0.385 e. The summed E-state index contributed by atoms with van der Waals surface area (Å²) in [4.78, 5) is 26.1. The monoisotopic (exact) mass is 645 g/mol. The number of pyridine rings is 1. The molecule has 13 heteroatoms. The summed E-state index contributed by atoms with van der Waals surface area (Å²) < 4.78 is 45.7. The molecule has 246 valence electrons. The van der Waals surface area contributed by atoms with Crippen molar-refractivity contribution in [1.29, 1.82) is 0 Å². The third-order valence-corrected chi connectivity index (χ3v) is 10.5. The third-order valence-electron chi connectivity index (χ3n) is 10.5. The molecule has 2 atom stereocenters. The zero-order valence-corrected chi connectivity index (χ0v) is 26.3. The van der Waals surface area contributed by atoms with Crippen molar-refractivity contribution < 1.29 is 18.0 Å². The van der Waals surface area contributed by atoms with Gasteiger partial charge in [-0.15, -0.1) is 5.10 Å². The van der Waals surface area contributed by atoms with Crippen LogP contribution in [0.1, 0.15) is 47.3 Å². The lowest BCUT2D eigenvalue weighted by atomic mass is 9.69. The van der Waals surface area contributed by atoms with E-state index in [1.807, 2.05) is 41.4 Å². The number of anilines is 3. The highest BCUT2D eigenvalue weighted by atomic mass is 19.3. The van der Waals surface area contributed by atoms with Gasteiger partial charge in [-0.05, 0) is 68.6 Å². The lowest BCUT2D eigenvalue weighted by Gasteiger charge is -2.49. The van der Waals surface area contributed by atoms with E-state index in [4.69, 9.17) is 10.1 Å². The zero-order chi connectivity index (χ0) is 32.3. The molecule has 3 aliphatic heterocycles. The standard InChI is InChI=1S/C34H38F3N9O/c1-38-27-16-30(43-46-29(18-41-31(27)46)32(47)42-26-15-24(26)35)45-13-7-23-22(3-2-4-28(23)45)25-6-5-21(17-40-25)19-44-14-10-33(34(36,37)20-44)8-11-39-12-9-33/h2-6,16-18,24,26,38-39H,7-15,19-20H2,1H3,(H,42,47)/t24-,26+/m0/s1. The van der Waals surface area contributed by atoms with E-state index in [-0.39, 0.29) is 12.2 Å². The van der Waals surface area contributed by atoms with Gasteiger partial charge in [0.25, 0.3) is 11.8 Å². The molecule has 2 saturated heterocycles. The van der Waals surface area contributed by atoms with Crippen LogP contribution < -0.4 is 20.9 Å². The maximum atomic E-state index is 15.4. The summed E-state index contributed by atoms with van der Waals surface area (Å²) in [5.74, 6) is -2.47. The highest BCUT2D eigenvalue weighted by Gasteiger charge is 2.56. The number of imidazole rings is 1. The van der Waals surface area contributed by atoms with Gasteiger partial charge in [0.1, 0.15) is 6.17 Å². The number of nitrogens with zero attached hydrogens (tertiary/aromatic N) is 6. The molecule has 47 heavy (non-hydrogen) atoms. The summed E-state index contributed by atoms with van der Waals surface area (Å²) >= 11 is 0. The van der Waals surface area contributed by atoms with Crippen molar-refractivity contribution in [3.05, 3.63) is 65.6 Å². The molecule has 3 fully saturated rings. The number of halogens is 3. The Morgan fingerprint density at radius 2 is 1.91 bits per heavy atom. The fraction of sp³-hybridized carbons (Fsp3) is 0.471. The Hall–Kier alpha value is -4.23. The van der Waals surface area contributed by atoms with Gasteiger partial charge in [-0.3, -0.25) is 14.7 Å². The number of carbonyl (C=O) groups excluding carboxylic acids is 1. The summed E-state index contributed by atoms with van der Waals surface area (Å²) in [5, 5.41) is 13.9. The van der Waals surface area contributed by atoms with Crippen molar-refractivity contribution in [2.24, 2.45) is 5.41 Å². The first kappa shape index (κ1) is 30.1. The topological polar surface area (TPSA) is 103 Å². The minimum atomic E-state index is -2.70. The number of aromatic nitrogens is 4.